The lowest BCUT2D eigenvalue weighted by Crippen LogP contribution is -2.07. The molecule has 2 nitrogen and oxygen atoms in total. The molecule has 2 aromatic rings. The first-order valence-corrected chi connectivity index (χ1v) is 5.44. The maximum Gasteiger partial charge on any atom is 0.133 e. The van der Waals surface area contributed by atoms with E-state index in [1.54, 1.807) is 6.26 Å². The summed E-state index contributed by atoms with van der Waals surface area (Å²) in [5, 5.41) is 10.9. The monoisotopic (exact) mass is 202 g/mol. The Kier molecular flexibility index (Phi) is 1.86. The quantitative estimate of drug-likeness (QED) is 0.830. The maximum absolute atomic E-state index is 9.74. The molecule has 0 bridgehead atoms. The number of rotatable bonds is 3. The van der Waals surface area contributed by atoms with Crippen LogP contribution in [0.1, 0.15) is 24.8 Å². The Bertz CT molecular complexity index is 480. The highest BCUT2D eigenvalue weighted by Crippen LogP contribution is 2.39. The van der Waals surface area contributed by atoms with E-state index >= 15 is 0 Å². The van der Waals surface area contributed by atoms with Gasteiger partial charge in [-0.1, -0.05) is 6.07 Å². The number of hydrogen-bond donors (Lipinski definition) is 1. The minimum atomic E-state index is -0.342. The number of furan rings is 1. The van der Waals surface area contributed by atoms with E-state index in [1.807, 2.05) is 12.1 Å². The van der Waals surface area contributed by atoms with Gasteiger partial charge in [-0.15, -0.1) is 0 Å². The van der Waals surface area contributed by atoms with Crippen molar-refractivity contribution in [2.24, 2.45) is 0 Å². The fourth-order valence-electron chi connectivity index (χ4n) is 1.94. The zero-order valence-electron chi connectivity index (χ0n) is 8.57. The Morgan fingerprint density at radius 1 is 1.27 bits per heavy atom. The standard InChI is InChI=1S/C13H14O2/c14-13(6-7-13)5-3-10-1-2-12-11(9-10)4-8-15-12/h1-2,4,8-9,14H,3,5-7H2. The molecule has 2 heteroatoms. The summed E-state index contributed by atoms with van der Waals surface area (Å²) in [6.45, 7) is 0. The Balaban J connectivity index is 1.78. The fourth-order valence-corrected chi connectivity index (χ4v) is 1.94. The highest BCUT2D eigenvalue weighted by atomic mass is 16.3. The number of benzene rings is 1. The molecule has 0 aliphatic heterocycles. The van der Waals surface area contributed by atoms with E-state index in [9.17, 15) is 5.11 Å². The van der Waals surface area contributed by atoms with Crippen LogP contribution in [0.3, 0.4) is 0 Å². The highest BCUT2D eigenvalue weighted by Gasteiger charge is 2.39. The second-order valence-corrected chi connectivity index (χ2v) is 4.52. The molecule has 1 aromatic carbocycles. The van der Waals surface area contributed by atoms with Gasteiger partial charge in [0.2, 0.25) is 0 Å². The minimum absolute atomic E-state index is 0.342. The van der Waals surface area contributed by atoms with Gasteiger partial charge in [0.05, 0.1) is 11.9 Å². The third kappa shape index (κ3) is 1.77. The first kappa shape index (κ1) is 8.98. The predicted molar refractivity (Wildman–Crippen MR) is 58.7 cm³/mol. The van der Waals surface area contributed by atoms with Gasteiger partial charge >= 0.3 is 0 Å². The molecule has 0 spiro atoms. The number of hydrogen-bond acceptors (Lipinski definition) is 2. The van der Waals surface area contributed by atoms with E-state index < -0.39 is 0 Å². The molecule has 1 aliphatic rings. The van der Waals surface area contributed by atoms with Crippen molar-refractivity contribution in [3.05, 3.63) is 36.1 Å². The second kappa shape index (κ2) is 3.11. The van der Waals surface area contributed by atoms with Crippen molar-refractivity contribution in [3.63, 3.8) is 0 Å². The third-order valence-electron chi connectivity index (χ3n) is 3.22. The third-order valence-corrected chi connectivity index (χ3v) is 3.22. The van der Waals surface area contributed by atoms with Gasteiger partial charge in [0.15, 0.2) is 0 Å². The molecule has 3 rings (SSSR count). The van der Waals surface area contributed by atoms with Gasteiger partial charge in [-0.05, 0) is 49.4 Å². The number of aryl methyl sites for hydroxylation is 1. The van der Waals surface area contributed by atoms with Crippen molar-refractivity contribution in [1.29, 1.82) is 0 Å². The normalized spacial score (nSPS) is 18.2. The van der Waals surface area contributed by atoms with Crippen molar-refractivity contribution in [2.45, 2.75) is 31.3 Å². The van der Waals surface area contributed by atoms with Crippen LogP contribution in [0.4, 0.5) is 0 Å². The Morgan fingerprint density at radius 2 is 2.13 bits per heavy atom. The van der Waals surface area contributed by atoms with E-state index in [0.29, 0.717) is 0 Å². The summed E-state index contributed by atoms with van der Waals surface area (Å²) in [5.74, 6) is 0. The molecule has 1 N–H and O–H groups in total. The predicted octanol–water partition coefficient (Wildman–Crippen LogP) is 2.89. The fraction of sp³-hybridized carbons (Fsp3) is 0.385. The van der Waals surface area contributed by atoms with Crippen molar-refractivity contribution >= 4 is 11.0 Å². The van der Waals surface area contributed by atoms with E-state index in [-0.39, 0.29) is 5.60 Å². The summed E-state index contributed by atoms with van der Waals surface area (Å²) in [7, 11) is 0. The molecule has 15 heavy (non-hydrogen) atoms. The van der Waals surface area contributed by atoms with Gasteiger partial charge in [-0.2, -0.15) is 0 Å². The second-order valence-electron chi connectivity index (χ2n) is 4.52. The van der Waals surface area contributed by atoms with Crippen LogP contribution in [0.5, 0.6) is 0 Å². The van der Waals surface area contributed by atoms with Crippen molar-refractivity contribution in [3.8, 4) is 0 Å². The lowest BCUT2D eigenvalue weighted by molar-refractivity contribution is 0.140. The molecule has 1 aromatic heterocycles. The largest absolute Gasteiger partial charge is 0.464 e. The SMILES string of the molecule is OC1(CCc2ccc3occc3c2)CC1. The Labute approximate surface area is 88.5 Å². The average Bonchev–Trinajstić information content (AvgIpc) is 2.80. The highest BCUT2D eigenvalue weighted by molar-refractivity contribution is 5.77. The molecule has 0 atom stereocenters. The zero-order chi connectivity index (χ0) is 10.3. The summed E-state index contributed by atoms with van der Waals surface area (Å²) in [4.78, 5) is 0. The van der Waals surface area contributed by atoms with Gasteiger partial charge in [-0.3, -0.25) is 0 Å². The van der Waals surface area contributed by atoms with E-state index in [4.69, 9.17) is 4.42 Å². The number of aliphatic hydroxyl groups is 1. The van der Waals surface area contributed by atoms with E-state index in [1.165, 1.54) is 5.56 Å². The van der Waals surface area contributed by atoms with Crippen LogP contribution in [0.2, 0.25) is 0 Å². The van der Waals surface area contributed by atoms with E-state index in [2.05, 4.69) is 12.1 Å². The summed E-state index contributed by atoms with van der Waals surface area (Å²) < 4.78 is 5.28. The molecule has 1 heterocycles. The smallest absolute Gasteiger partial charge is 0.133 e. The first-order valence-electron chi connectivity index (χ1n) is 5.44. The van der Waals surface area contributed by atoms with Crippen molar-refractivity contribution in [1.82, 2.24) is 0 Å². The summed E-state index contributed by atoms with van der Waals surface area (Å²) in [5.41, 5.74) is 1.87. The Morgan fingerprint density at radius 3 is 2.93 bits per heavy atom. The van der Waals surface area contributed by atoms with Crippen molar-refractivity contribution in [2.75, 3.05) is 0 Å². The lowest BCUT2D eigenvalue weighted by Gasteiger charge is -2.06. The molecular weight excluding hydrogens is 188 g/mol. The van der Waals surface area contributed by atoms with Gasteiger partial charge in [0, 0.05) is 5.39 Å². The maximum atomic E-state index is 9.74. The molecule has 1 fully saturated rings. The van der Waals surface area contributed by atoms with E-state index in [0.717, 1.165) is 36.7 Å². The summed E-state index contributed by atoms with van der Waals surface area (Å²) in [6.07, 6.45) is 5.50. The van der Waals surface area contributed by atoms with Crippen LogP contribution < -0.4 is 0 Å². The lowest BCUT2D eigenvalue weighted by atomic mass is 10.0. The Hall–Kier alpha value is -1.28. The van der Waals surface area contributed by atoms with Gasteiger partial charge < -0.3 is 9.52 Å². The molecular formula is C13H14O2. The van der Waals surface area contributed by atoms with Crippen LogP contribution in [0, 0.1) is 0 Å². The van der Waals surface area contributed by atoms with Crippen LogP contribution in [-0.2, 0) is 6.42 Å². The van der Waals surface area contributed by atoms with Gasteiger partial charge in [-0.25, -0.2) is 0 Å². The van der Waals surface area contributed by atoms with Gasteiger partial charge in [0.25, 0.3) is 0 Å². The molecule has 0 amide bonds. The first-order chi connectivity index (χ1) is 7.25. The summed E-state index contributed by atoms with van der Waals surface area (Å²) in [6, 6.07) is 8.20. The van der Waals surface area contributed by atoms with Gasteiger partial charge in [0.1, 0.15) is 5.58 Å². The topological polar surface area (TPSA) is 33.4 Å². The molecule has 0 radical (unpaired) electrons. The van der Waals surface area contributed by atoms with Crippen molar-refractivity contribution < 1.29 is 9.52 Å². The minimum Gasteiger partial charge on any atom is -0.464 e. The van der Waals surface area contributed by atoms with Crippen LogP contribution in [0.25, 0.3) is 11.0 Å². The molecule has 78 valence electrons. The molecule has 0 unspecified atom stereocenters. The molecule has 1 saturated carbocycles. The molecule has 0 saturated heterocycles. The zero-order valence-corrected chi connectivity index (χ0v) is 8.57. The summed E-state index contributed by atoms with van der Waals surface area (Å²) >= 11 is 0. The van der Waals surface area contributed by atoms with Crippen LogP contribution in [-0.4, -0.2) is 10.7 Å². The average molecular weight is 202 g/mol. The van der Waals surface area contributed by atoms with Crippen LogP contribution in [0.15, 0.2) is 34.9 Å². The molecule has 1 aliphatic carbocycles. The van der Waals surface area contributed by atoms with Crippen LogP contribution >= 0.6 is 0 Å². The number of fused-ring (bicyclic) bond motifs is 1.